The number of carbonyl (C=O) groups is 2. The van der Waals surface area contributed by atoms with Gasteiger partial charge in [-0.2, -0.15) is 0 Å². The molecule has 1 rings (SSSR count). The molecule has 0 aromatic carbocycles. The van der Waals surface area contributed by atoms with Gasteiger partial charge in [-0.05, 0) is 40.0 Å². The maximum absolute atomic E-state index is 11.5. The highest BCUT2D eigenvalue weighted by atomic mass is 16.6. The lowest BCUT2D eigenvalue weighted by Gasteiger charge is -2.21. The van der Waals surface area contributed by atoms with Crippen LogP contribution < -0.4 is 16.6 Å². The van der Waals surface area contributed by atoms with E-state index in [4.69, 9.17) is 10.6 Å². The molecule has 17 heavy (non-hydrogen) atoms. The zero-order valence-corrected chi connectivity index (χ0v) is 10.6. The molecule has 6 nitrogen and oxygen atoms in total. The monoisotopic (exact) mass is 243 g/mol. The number of hydrazine groups is 1. The minimum Gasteiger partial charge on any atom is -0.444 e. The van der Waals surface area contributed by atoms with E-state index in [1.54, 1.807) is 0 Å². The van der Waals surface area contributed by atoms with Gasteiger partial charge in [0.25, 0.3) is 0 Å². The highest BCUT2D eigenvalue weighted by Gasteiger charge is 2.31. The Morgan fingerprint density at radius 3 is 2.47 bits per heavy atom. The Kier molecular flexibility index (Phi) is 4.34. The van der Waals surface area contributed by atoms with Crippen molar-refractivity contribution < 1.29 is 14.3 Å². The minimum absolute atomic E-state index is 0.00727. The van der Waals surface area contributed by atoms with Crippen LogP contribution in [0.25, 0.3) is 0 Å². The van der Waals surface area contributed by atoms with Gasteiger partial charge in [0.2, 0.25) is 5.91 Å². The third kappa shape index (κ3) is 4.60. The molecule has 0 aromatic heterocycles. The smallest absolute Gasteiger partial charge is 0.407 e. The average Bonchev–Trinajstić information content (AvgIpc) is 2.62. The summed E-state index contributed by atoms with van der Waals surface area (Å²) in [6, 6.07) is -0.00727. The average molecular weight is 243 g/mol. The van der Waals surface area contributed by atoms with Crippen molar-refractivity contribution in [1.29, 1.82) is 0 Å². The number of hydrogen-bond donors (Lipinski definition) is 3. The van der Waals surface area contributed by atoms with E-state index in [0.29, 0.717) is 6.42 Å². The molecule has 0 aromatic rings. The summed E-state index contributed by atoms with van der Waals surface area (Å²) in [5, 5.41) is 2.76. The van der Waals surface area contributed by atoms with E-state index in [1.807, 2.05) is 20.8 Å². The number of rotatable bonds is 2. The number of alkyl carbamates (subject to hydrolysis) is 1. The highest BCUT2D eigenvalue weighted by Crippen LogP contribution is 2.25. The number of nitrogens with one attached hydrogen (secondary N) is 2. The lowest BCUT2D eigenvalue weighted by Crippen LogP contribution is -2.39. The topological polar surface area (TPSA) is 93.4 Å². The van der Waals surface area contributed by atoms with Gasteiger partial charge in [-0.25, -0.2) is 10.6 Å². The molecule has 0 aliphatic heterocycles. The minimum atomic E-state index is -0.503. The Labute approximate surface area is 101 Å². The van der Waals surface area contributed by atoms with Gasteiger partial charge in [0, 0.05) is 12.0 Å². The summed E-state index contributed by atoms with van der Waals surface area (Å²) in [6.45, 7) is 5.43. The summed E-state index contributed by atoms with van der Waals surface area (Å²) in [7, 11) is 0. The second kappa shape index (κ2) is 5.35. The zero-order valence-electron chi connectivity index (χ0n) is 10.6. The fraction of sp³-hybridized carbons (Fsp3) is 0.818. The van der Waals surface area contributed by atoms with Crippen molar-refractivity contribution in [2.75, 3.05) is 0 Å². The molecule has 4 N–H and O–H groups in total. The molecule has 1 aliphatic carbocycles. The van der Waals surface area contributed by atoms with Crippen molar-refractivity contribution in [2.24, 2.45) is 11.8 Å². The van der Waals surface area contributed by atoms with Crippen LogP contribution in [0.15, 0.2) is 0 Å². The number of hydrogen-bond acceptors (Lipinski definition) is 4. The molecule has 0 radical (unpaired) electrons. The fourth-order valence-electron chi connectivity index (χ4n) is 1.94. The number of carbonyl (C=O) groups excluding carboxylic acids is 2. The van der Waals surface area contributed by atoms with Gasteiger partial charge in [-0.15, -0.1) is 0 Å². The Morgan fingerprint density at radius 2 is 1.94 bits per heavy atom. The number of amides is 2. The summed E-state index contributed by atoms with van der Waals surface area (Å²) in [4.78, 5) is 22.8. The standard InChI is InChI=1S/C11H21N3O3/c1-11(2,3)17-10(16)13-8-5-4-7(6-8)9(15)14-12/h7-8H,4-6,12H2,1-3H3,(H,13,16)(H,14,15). The van der Waals surface area contributed by atoms with E-state index in [0.717, 1.165) is 12.8 Å². The first-order chi connectivity index (χ1) is 7.81. The quantitative estimate of drug-likeness (QED) is 0.377. The van der Waals surface area contributed by atoms with Crippen LogP contribution in [-0.4, -0.2) is 23.6 Å². The lowest BCUT2D eigenvalue weighted by molar-refractivity contribution is -0.124. The SMILES string of the molecule is CC(C)(C)OC(=O)NC1CCC(C(=O)NN)C1. The summed E-state index contributed by atoms with van der Waals surface area (Å²) in [5.41, 5.74) is 1.63. The van der Waals surface area contributed by atoms with Crippen LogP contribution in [0, 0.1) is 5.92 Å². The third-order valence-corrected chi connectivity index (χ3v) is 2.67. The van der Waals surface area contributed by atoms with Gasteiger partial charge < -0.3 is 10.1 Å². The van der Waals surface area contributed by atoms with Gasteiger partial charge in [-0.1, -0.05) is 0 Å². The van der Waals surface area contributed by atoms with E-state index in [1.165, 1.54) is 0 Å². The van der Waals surface area contributed by atoms with Gasteiger partial charge in [-0.3, -0.25) is 10.2 Å². The van der Waals surface area contributed by atoms with Crippen molar-refractivity contribution in [3.05, 3.63) is 0 Å². The molecule has 2 amide bonds. The molecule has 1 saturated carbocycles. The fourth-order valence-corrected chi connectivity index (χ4v) is 1.94. The largest absolute Gasteiger partial charge is 0.444 e. The molecule has 2 atom stereocenters. The molecule has 0 heterocycles. The van der Waals surface area contributed by atoms with Gasteiger partial charge >= 0.3 is 6.09 Å². The first-order valence-corrected chi connectivity index (χ1v) is 5.82. The number of ether oxygens (including phenoxy) is 1. The predicted octanol–water partition coefficient (Wildman–Crippen LogP) is 0.670. The number of nitrogens with two attached hydrogens (primary N) is 1. The van der Waals surface area contributed by atoms with Gasteiger partial charge in [0.15, 0.2) is 0 Å². The van der Waals surface area contributed by atoms with E-state index in [9.17, 15) is 9.59 Å². The summed E-state index contributed by atoms with van der Waals surface area (Å²) >= 11 is 0. The van der Waals surface area contributed by atoms with Crippen LogP contribution in [0.5, 0.6) is 0 Å². The van der Waals surface area contributed by atoms with Crippen LogP contribution >= 0.6 is 0 Å². The van der Waals surface area contributed by atoms with Gasteiger partial charge in [0.1, 0.15) is 5.60 Å². The molecule has 98 valence electrons. The molecule has 6 heteroatoms. The summed E-state index contributed by atoms with van der Waals surface area (Å²) < 4.78 is 5.15. The highest BCUT2D eigenvalue weighted by molar-refractivity contribution is 5.78. The van der Waals surface area contributed by atoms with E-state index >= 15 is 0 Å². The van der Waals surface area contributed by atoms with Crippen molar-refractivity contribution in [1.82, 2.24) is 10.7 Å². The van der Waals surface area contributed by atoms with Crippen molar-refractivity contribution in [3.63, 3.8) is 0 Å². The van der Waals surface area contributed by atoms with Crippen LogP contribution in [0.4, 0.5) is 4.79 Å². The zero-order chi connectivity index (χ0) is 13.1. The van der Waals surface area contributed by atoms with E-state index in [-0.39, 0.29) is 17.9 Å². The van der Waals surface area contributed by atoms with Crippen LogP contribution in [0.2, 0.25) is 0 Å². The normalized spacial score (nSPS) is 24.2. The molecule has 0 spiro atoms. The molecule has 2 unspecified atom stereocenters. The third-order valence-electron chi connectivity index (χ3n) is 2.67. The van der Waals surface area contributed by atoms with Crippen molar-refractivity contribution in [3.8, 4) is 0 Å². The van der Waals surface area contributed by atoms with E-state index < -0.39 is 11.7 Å². The molecule has 1 aliphatic rings. The first-order valence-electron chi connectivity index (χ1n) is 5.82. The maximum Gasteiger partial charge on any atom is 0.407 e. The first kappa shape index (κ1) is 13.8. The Hall–Kier alpha value is -1.30. The Bertz CT molecular complexity index is 299. The molecular weight excluding hydrogens is 222 g/mol. The Morgan fingerprint density at radius 1 is 1.29 bits per heavy atom. The molecule has 1 fully saturated rings. The van der Waals surface area contributed by atoms with Crippen molar-refractivity contribution >= 4 is 12.0 Å². The molecular formula is C11H21N3O3. The van der Waals surface area contributed by atoms with E-state index in [2.05, 4.69) is 10.7 Å². The maximum atomic E-state index is 11.5. The van der Waals surface area contributed by atoms with Crippen LogP contribution in [-0.2, 0) is 9.53 Å². The second-order valence-corrected chi connectivity index (χ2v) is 5.36. The summed E-state index contributed by atoms with van der Waals surface area (Å²) in [5.74, 6) is 4.79. The lowest BCUT2D eigenvalue weighted by atomic mass is 10.1. The second-order valence-electron chi connectivity index (χ2n) is 5.36. The van der Waals surface area contributed by atoms with Crippen LogP contribution in [0.3, 0.4) is 0 Å². The molecule has 0 bridgehead atoms. The summed E-state index contributed by atoms with van der Waals surface area (Å²) in [6.07, 6.45) is 1.69. The molecule has 0 saturated heterocycles. The van der Waals surface area contributed by atoms with Gasteiger partial charge in [0.05, 0.1) is 0 Å². The predicted molar refractivity (Wildman–Crippen MR) is 62.8 cm³/mol. The van der Waals surface area contributed by atoms with Crippen molar-refractivity contribution in [2.45, 2.75) is 51.7 Å². The Balaban J connectivity index is 2.35. The van der Waals surface area contributed by atoms with Crippen LogP contribution in [0.1, 0.15) is 40.0 Å².